The molecule has 3 fully saturated rings. The quantitative estimate of drug-likeness (QED) is 0.815. The molecule has 29 heavy (non-hydrogen) atoms. The molecular formula is C20H29F3N2O4. The molecule has 0 radical (unpaired) electrons. The van der Waals surface area contributed by atoms with E-state index in [0.29, 0.717) is 18.1 Å². The van der Waals surface area contributed by atoms with E-state index >= 15 is 0 Å². The van der Waals surface area contributed by atoms with Crippen molar-refractivity contribution in [3.8, 4) is 0 Å². The fraction of sp³-hybridized carbons (Fsp3) is 0.750. The zero-order chi connectivity index (χ0) is 20.9. The number of halogens is 3. The maximum absolute atomic E-state index is 10.6. The van der Waals surface area contributed by atoms with Crippen LogP contribution in [0, 0.1) is 11.8 Å². The Balaban J connectivity index is 0.000000298. The lowest BCUT2D eigenvalue weighted by molar-refractivity contribution is -0.192. The summed E-state index contributed by atoms with van der Waals surface area (Å²) in [5.74, 6) is -1.25. The Morgan fingerprint density at radius 3 is 2.31 bits per heavy atom. The van der Waals surface area contributed by atoms with E-state index in [9.17, 15) is 13.2 Å². The van der Waals surface area contributed by atoms with Crippen molar-refractivity contribution in [2.75, 3.05) is 32.9 Å². The minimum absolute atomic E-state index is 0.441. The number of nitrogens with zero attached hydrogens (tertiary/aromatic N) is 2. The van der Waals surface area contributed by atoms with Gasteiger partial charge in [-0.3, -0.25) is 4.90 Å². The van der Waals surface area contributed by atoms with Crippen molar-refractivity contribution < 1.29 is 32.5 Å². The molecule has 0 spiro atoms. The van der Waals surface area contributed by atoms with Gasteiger partial charge in [0.25, 0.3) is 0 Å². The lowest BCUT2D eigenvalue weighted by Crippen LogP contribution is -2.52. The van der Waals surface area contributed by atoms with Gasteiger partial charge >= 0.3 is 12.1 Å². The summed E-state index contributed by atoms with van der Waals surface area (Å²) < 4.78 is 45.8. The minimum atomic E-state index is -5.08. The maximum Gasteiger partial charge on any atom is 0.490 e. The van der Waals surface area contributed by atoms with Gasteiger partial charge in [0.05, 0.1) is 12.7 Å². The van der Waals surface area contributed by atoms with Crippen LogP contribution >= 0.6 is 0 Å². The molecule has 3 atom stereocenters. The summed E-state index contributed by atoms with van der Waals surface area (Å²) in [6, 6.07) is 4.88. The molecule has 1 saturated carbocycles. The summed E-state index contributed by atoms with van der Waals surface area (Å²) in [6.07, 6.45) is 4.79. The van der Waals surface area contributed by atoms with Crippen molar-refractivity contribution in [1.82, 2.24) is 9.47 Å². The number of aliphatic carboxylic acids is 1. The van der Waals surface area contributed by atoms with Crippen LogP contribution in [0.25, 0.3) is 0 Å². The first-order valence-electron chi connectivity index (χ1n) is 10.2. The lowest BCUT2D eigenvalue weighted by atomic mass is 9.97. The molecule has 0 aromatic carbocycles. The van der Waals surface area contributed by atoms with Crippen LogP contribution in [0.3, 0.4) is 0 Å². The third-order valence-electron chi connectivity index (χ3n) is 6.02. The van der Waals surface area contributed by atoms with Crippen LogP contribution in [0.1, 0.15) is 25.7 Å². The fourth-order valence-electron chi connectivity index (χ4n) is 4.58. The molecular weight excluding hydrogens is 389 g/mol. The molecule has 9 heteroatoms. The van der Waals surface area contributed by atoms with E-state index in [1.807, 2.05) is 0 Å². The zero-order valence-electron chi connectivity index (χ0n) is 16.4. The van der Waals surface area contributed by atoms with Gasteiger partial charge in [-0.2, -0.15) is 13.2 Å². The Morgan fingerprint density at radius 2 is 1.69 bits per heavy atom. The smallest absolute Gasteiger partial charge is 0.475 e. The van der Waals surface area contributed by atoms with Gasteiger partial charge in [-0.1, -0.05) is 0 Å². The molecule has 4 rings (SSSR count). The highest BCUT2D eigenvalue weighted by Gasteiger charge is 2.43. The molecule has 1 aromatic heterocycles. The average molecular weight is 418 g/mol. The van der Waals surface area contributed by atoms with Crippen LogP contribution in [0.5, 0.6) is 0 Å². The molecule has 3 heterocycles. The van der Waals surface area contributed by atoms with E-state index < -0.39 is 12.1 Å². The van der Waals surface area contributed by atoms with Gasteiger partial charge < -0.3 is 19.1 Å². The Kier molecular flexibility index (Phi) is 7.59. The number of fused-ring (bicyclic) bond motifs is 1. The molecule has 1 aromatic rings. The van der Waals surface area contributed by atoms with Crippen molar-refractivity contribution in [2.24, 2.45) is 11.8 Å². The van der Waals surface area contributed by atoms with E-state index in [1.54, 1.807) is 0 Å². The van der Waals surface area contributed by atoms with Crippen LogP contribution in [0.4, 0.5) is 13.2 Å². The Labute approximate surface area is 168 Å². The standard InChI is InChI=1S/C18H28N2O2.C2HF3O2/c1-2-8-19(7-1)14-16-3-4-17-18(16)22-12-9-20(17)13-15-5-10-21-11-6-15;3-2(4,5)1(6)7/h1-2,7-8,15-18H,3-6,9-14H2;(H,6,7). The van der Waals surface area contributed by atoms with Gasteiger partial charge in [0.15, 0.2) is 0 Å². The zero-order valence-corrected chi connectivity index (χ0v) is 16.4. The van der Waals surface area contributed by atoms with Gasteiger partial charge in [0, 0.05) is 57.2 Å². The highest BCUT2D eigenvalue weighted by Crippen LogP contribution is 2.36. The maximum atomic E-state index is 10.6. The monoisotopic (exact) mass is 418 g/mol. The van der Waals surface area contributed by atoms with Crippen molar-refractivity contribution in [3.05, 3.63) is 24.5 Å². The second-order valence-electron chi connectivity index (χ2n) is 7.97. The van der Waals surface area contributed by atoms with Crippen LogP contribution in [-0.4, -0.2) is 71.8 Å². The second kappa shape index (κ2) is 9.95. The van der Waals surface area contributed by atoms with Crippen LogP contribution < -0.4 is 0 Å². The number of alkyl halides is 3. The highest BCUT2D eigenvalue weighted by molar-refractivity contribution is 5.73. The van der Waals surface area contributed by atoms with Crippen LogP contribution in [0.2, 0.25) is 0 Å². The van der Waals surface area contributed by atoms with Gasteiger partial charge in [-0.15, -0.1) is 0 Å². The molecule has 6 nitrogen and oxygen atoms in total. The first kappa shape index (κ1) is 22.1. The Hall–Kier alpha value is -1.58. The molecule has 2 aliphatic heterocycles. The van der Waals surface area contributed by atoms with Crippen LogP contribution in [0.15, 0.2) is 24.5 Å². The number of aromatic nitrogens is 1. The van der Waals surface area contributed by atoms with E-state index in [2.05, 4.69) is 34.0 Å². The van der Waals surface area contributed by atoms with E-state index in [4.69, 9.17) is 19.4 Å². The van der Waals surface area contributed by atoms with E-state index in [-0.39, 0.29) is 0 Å². The number of carboxylic acid groups (broad SMARTS) is 1. The number of hydrogen-bond donors (Lipinski definition) is 1. The Bertz CT molecular complexity index is 632. The largest absolute Gasteiger partial charge is 0.490 e. The molecule has 3 aliphatic rings. The summed E-state index contributed by atoms with van der Waals surface area (Å²) in [7, 11) is 0. The van der Waals surface area contributed by atoms with Gasteiger partial charge in [0.1, 0.15) is 0 Å². The number of ether oxygens (including phenoxy) is 2. The molecule has 164 valence electrons. The normalized spacial score (nSPS) is 28.4. The number of carboxylic acids is 1. The molecule has 0 amide bonds. The first-order valence-corrected chi connectivity index (χ1v) is 10.2. The van der Waals surface area contributed by atoms with Crippen molar-refractivity contribution in [2.45, 2.75) is 50.6 Å². The number of rotatable bonds is 4. The first-order chi connectivity index (χ1) is 13.8. The molecule has 1 aliphatic carbocycles. The molecule has 3 unspecified atom stereocenters. The van der Waals surface area contributed by atoms with Crippen molar-refractivity contribution in [1.29, 1.82) is 0 Å². The third-order valence-corrected chi connectivity index (χ3v) is 6.02. The molecule has 2 saturated heterocycles. The molecule has 1 N–H and O–H groups in total. The van der Waals surface area contributed by atoms with Crippen LogP contribution in [-0.2, 0) is 20.8 Å². The summed E-state index contributed by atoms with van der Waals surface area (Å²) in [6.45, 7) is 6.31. The van der Waals surface area contributed by atoms with Gasteiger partial charge in [-0.05, 0) is 43.7 Å². The van der Waals surface area contributed by atoms with Gasteiger partial charge in [0.2, 0.25) is 0 Å². The minimum Gasteiger partial charge on any atom is -0.475 e. The second-order valence-corrected chi connectivity index (χ2v) is 7.97. The fourth-order valence-corrected chi connectivity index (χ4v) is 4.58. The van der Waals surface area contributed by atoms with Gasteiger partial charge in [-0.25, -0.2) is 4.79 Å². The summed E-state index contributed by atoms with van der Waals surface area (Å²) in [5.41, 5.74) is 0. The Morgan fingerprint density at radius 1 is 1.03 bits per heavy atom. The average Bonchev–Trinajstić information content (AvgIpc) is 3.34. The third kappa shape index (κ3) is 6.20. The lowest BCUT2D eigenvalue weighted by Gasteiger charge is -2.41. The number of hydrogen-bond acceptors (Lipinski definition) is 4. The predicted octanol–water partition coefficient (Wildman–Crippen LogP) is 3.03. The summed E-state index contributed by atoms with van der Waals surface area (Å²) in [4.78, 5) is 11.6. The molecule has 0 bridgehead atoms. The summed E-state index contributed by atoms with van der Waals surface area (Å²) in [5, 5.41) is 7.12. The SMILES string of the molecule is O=C(O)C(F)(F)F.c1ccn(CC2CCC3C2OCCN3CC2CCOCC2)c1. The predicted molar refractivity (Wildman–Crippen MR) is 99.5 cm³/mol. The van der Waals surface area contributed by atoms with E-state index in [0.717, 1.165) is 38.8 Å². The summed E-state index contributed by atoms with van der Waals surface area (Å²) >= 11 is 0. The highest BCUT2D eigenvalue weighted by atomic mass is 19.4. The van der Waals surface area contributed by atoms with Crippen molar-refractivity contribution in [3.63, 3.8) is 0 Å². The number of carbonyl (C=O) groups is 1. The number of morpholine rings is 1. The topological polar surface area (TPSA) is 63.9 Å². The van der Waals surface area contributed by atoms with Crippen molar-refractivity contribution >= 4 is 5.97 Å². The van der Waals surface area contributed by atoms with E-state index in [1.165, 1.54) is 32.2 Å².